The molecule has 11 aliphatic rings. The third-order valence-electron chi connectivity index (χ3n) is 25.3. The van der Waals surface area contributed by atoms with Crippen LogP contribution < -0.4 is 4.74 Å². The number of aliphatic hydroxyl groups excluding tert-OH is 4. The van der Waals surface area contributed by atoms with E-state index in [0.29, 0.717) is 6.08 Å². The molecule has 8 saturated heterocycles. The van der Waals surface area contributed by atoms with E-state index in [1.165, 1.54) is 48.4 Å². The maximum Gasteiger partial charge on any atom is 0.331 e. The van der Waals surface area contributed by atoms with Crippen molar-refractivity contribution in [1.29, 1.82) is 0 Å². The highest BCUT2D eigenvalue weighted by Gasteiger charge is 2.63. The van der Waals surface area contributed by atoms with Crippen LogP contribution in [0.2, 0.25) is 0 Å². The Morgan fingerprint density at radius 2 is 1.00 bits per heavy atom. The molecule has 2 aliphatic carbocycles. The Labute approximate surface area is 686 Å². The average molecular weight is 1700 g/mol. The lowest BCUT2D eigenvalue weighted by molar-refractivity contribution is -0.422. The van der Waals surface area contributed by atoms with Gasteiger partial charge in [0.15, 0.2) is 55.9 Å². The van der Waals surface area contributed by atoms with Gasteiger partial charge in [-0.25, -0.2) is 9.59 Å². The number of hydroxylamine groups is 2. The number of aliphatic carboxylic acids is 1. The predicted octanol–water partition coefficient (Wildman–Crippen LogP) is 2.39. The summed E-state index contributed by atoms with van der Waals surface area (Å²) in [6.07, 6.45) is -29.6. The first-order chi connectivity index (χ1) is 56.2. The maximum absolute atomic E-state index is 15.7. The fraction of sp³-hybridized carbons (Fsp3) is 0.762. The summed E-state index contributed by atoms with van der Waals surface area (Å²) in [6.45, 7) is 16.2. The minimum Gasteiger partial charge on any atom is -0.507 e. The van der Waals surface area contributed by atoms with Gasteiger partial charge in [0.1, 0.15) is 89.2 Å². The van der Waals surface area contributed by atoms with Crippen LogP contribution >= 0.6 is 0 Å². The van der Waals surface area contributed by atoms with Gasteiger partial charge in [-0.2, -0.15) is 0 Å². The topological polar surface area (TPSA) is 497 Å². The van der Waals surface area contributed by atoms with Gasteiger partial charge in [-0.05, 0) is 101 Å². The van der Waals surface area contributed by atoms with Crippen molar-refractivity contribution in [2.75, 3.05) is 49.6 Å². The molecular formula is C80H114N2O37. The Hall–Kier alpha value is -5.79. The molecule has 39 heteroatoms. The number of rotatable bonds is 24. The Morgan fingerprint density at radius 1 is 0.529 bits per heavy atom. The number of hydrogen-bond acceptors (Lipinski definition) is 38. The minimum absolute atomic E-state index is 0.0234. The fourth-order valence-corrected chi connectivity index (χ4v) is 19.2. The standard InChI is InChI=1S/C80H114N2O37/c1-30-63(89)43(98-13)24-55(103-30)116-74-36(7)109-56(29-78(74,8)82(96)97)115-69-32(3)105-51(23-42(69)85)117-75-62(81(11)12)67(93)77-118-73-39(80(75,10)119-77)21-40(83)59-60(73)64(90)38-20-37-57(65(91)58(38)66(59)92)47(28-79(9,95)61(37)76(94)102-17)110-52-25-45(100-15)71(34(5)106-52)113-50-22-41(84)68(31(2)104-50)112-53-27-46(101-16)72(35(6)108-53)114-54-26-44(99-14)70(33(4)107-54)111-49(88)19-18-48(86)87/h18-21,30-36,41-47,50-56,61-63,67-72,74-75,77,83-85,89,91,93,95-97H,22-29H2,1-17H3,(H,86,87)/b19-18+/t30?,31?,32?,33?,34?,35?,36?,41?,42?,43?,44?,45?,46?,47-,50?,51?,52?,53?,54?,55?,56?,61-,62-,63?,67-,68?,69?,70?,71?,72?,74?,75-,77?,78?,79-,80+/m0/s1. The van der Waals surface area contributed by atoms with Crippen molar-refractivity contribution in [1.82, 2.24) is 10.1 Å². The molecule has 8 fully saturated rings. The molecule has 13 rings (SSSR count). The van der Waals surface area contributed by atoms with Crippen molar-refractivity contribution >= 4 is 29.5 Å². The second-order valence-corrected chi connectivity index (χ2v) is 33.6. The number of carbonyl (C=O) groups is 5. The number of phenolic OH excluding ortho intramolecular Hbond substituents is 2. The predicted molar refractivity (Wildman–Crippen MR) is 397 cm³/mol. The van der Waals surface area contributed by atoms with E-state index in [9.17, 15) is 60.5 Å². The number of carbonyl (C=O) groups excluding carboxylic acids is 4. The van der Waals surface area contributed by atoms with E-state index in [2.05, 4.69) is 0 Å². The van der Waals surface area contributed by atoms with Crippen LogP contribution in [0.15, 0.2) is 24.3 Å². The van der Waals surface area contributed by atoms with Crippen LogP contribution in [0, 0.1) is 0 Å². The molecular weight excluding hydrogens is 1580 g/mol. The number of methoxy groups -OCH3 is 5. The second-order valence-electron chi connectivity index (χ2n) is 33.6. The lowest BCUT2D eigenvalue weighted by Crippen LogP contribution is -2.70. The van der Waals surface area contributed by atoms with E-state index < -0.39 is 289 Å². The van der Waals surface area contributed by atoms with Crippen molar-refractivity contribution in [2.24, 2.45) is 0 Å². The number of carboxylic acids is 1. The number of ketones is 2. The highest BCUT2D eigenvalue weighted by Crippen LogP contribution is 2.58. The molecule has 2 aromatic carbocycles. The molecule has 36 atom stereocenters. The molecule has 666 valence electrons. The number of aromatic hydroxyl groups is 2. The molecule has 39 nitrogen and oxygen atoms in total. The van der Waals surface area contributed by atoms with Crippen molar-refractivity contribution in [3.63, 3.8) is 0 Å². The Balaban J connectivity index is 0.679. The lowest BCUT2D eigenvalue weighted by Gasteiger charge is -2.56. The lowest BCUT2D eigenvalue weighted by atomic mass is 9.68. The Kier molecular flexibility index (Phi) is 27.5. The van der Waals surface area contributed by atoms with Gasteiger partial charge < -0.3 is 150 Å². The summed E-state index contributed by atoms with van der Waals surface area (Å²) in [7, 11) is 10.3. The SMILES string of the molecule is COC(=O)[C@@H]1c2cc3c(c(O)c2[C@@H](OC2CC(OC)C(OC4CC(O)C(OC5CC(OC)C(OC6CC(OC)C(OC(=O)/C=C/C(=O)O)C(C)O6)C(C)O5)C(C)O4)C(C)O2)C[C@]1(C)O)C(=O)c1c(O)cc2c(c1C3=O)OC1O[C@@]2(C)[C@@H](OC2CC(O)C(OC3CC(C)(N(O)O)C(OC4CC(OC)C(O)C(C)O4)C(C)O3)C(C)O2)[C@@H](N(C)C)[C@@H]1O. The van der Waals surface area contributed by atoms with Gasteiger partial charge in [0, 0.05) is 109 Å². The molecule has 0 saturated carbocycles. The zero-order valence-electron chi connectivity index (χ0n) is 69.4. The highest BCUT2D eigenvalue weighted by molar-refractivity contribution is 6.31. The zero-order valence-corrected chi connectivity index (χ0v) is 69.4. The number of fused-ring (bicyclic) bond motifs is 8. The van der Waals surface area contributed by atoms with Gasteiger partial charge in [0.25, 0.3) is 0 Å². The first kappa shape index (κ1) is 90.9. The van der Waals surface area contributed by atoms with Crippen molar-refractivity contribution < 1.29 is 179 Å². The van der Waals surface area contributed by atoms with Crippen LogP contribution in [0.3, 0.4) is 0 Å². The Bertz CT molecular complexity index is 3990. The van der Waals surface area contributed by atoms with Crippen LogP contribution in [-0.2, 0) is 119 Å². The molecule has 119 heavy (non-hydrogen) atoms. The van der Waals surface area contributed by atoms with Crippen molar-refractivity contribution in [3.05, 3.63) is 63.2 Å². The monoisotopic (exact) mass is 1690 g/mol. The number of likely N-dealkylation sites (N-methyl/N-ethyl adjacent to an activating group) is 1. The first-order valence-electron chi connectivity index (χ1n) is 40.2. The van der Waals surface area contributed by atoms with E-state index in [-0.39, 0.29) is 72.6 Å². The number of aliphatic hydroxyl groups is 5. The van der Waals surface area contributed by atoms with Crippen LogP contribution in [0.4, 0.5) is 0 Å². The molecule has 0 spiro atoms. The van der Waals surface area contributed by atoms with E-state index in [1.54, 1.807) is 74.4 Å². The number of hydrogen-bond donors (Lipinski definition) is 10. The van der Waals surface area contributed by atoms with Gasteiger partial charge in [0.05, 0.1) is 115 Å². The second kappa shape index (κ2) is 36.0. The van der Waals surface area contributed by atoms with E-state index >= 15 is 9.59 Å². The number of phenols is 2. The summed E-state index contributed by atoms with van der Waals surface area (Å²) in [5.41, 5.74) is -7.99. The number of ether oxygens (including phenoxy) is 22. The van der Waals surface area contributed by atoms with E-state index in [4.69, 9.17) is 109 Å². The quantitative estimate of drug-likeness (QED) is 0.0350. The van der Waals surface area contributed by atoms with Crippen molar-refractivity contribution in [3.8, 4) is 17.2 Å². The summed E-state index contributed by atoms with van der Waals surface area (Å²) >= 11 is 0. The number of carboxylic acid groups (broad SMARTS) is 1. The summed E-state index contributed by atoms with van der Waals surface area (Å²) in [5, 5.41) is 115. The van der Waals surface area contributed by atoms with Crippen LogP contribution in [-0.4, -0.2) is 342 Å². The average Bonchev–Trinajstić information content (AvgIpc) is 0.690. The van der Waals surface area contributed by atoms with Crippen LogP contribution in [0.25, 0.3) is 0 Å². The van der Waals surface area contributed by atoms with Crippen LogP contribution in [0.1, 0.15) is 181 Å². The van der Waals surface area contributed by atoms with Gasteiger partial charge in [-0.3, -0.25) is 24.8 Å². The summed E-state index contributed by atoms with van der Waals surface area (Å²) in [6, 6.07) is 1.33. The largest absolute Gasteiger partial charge is 0.507 e. The molecule has 29 unspecified atom stereocenters. The normalized spacial score (nSPS) is 43.6. The molecule has 0 aromatic heterocycles. The first-order valence-corrected chi connectivity index (χ1v) is 40.2. The molecule has 2 aromatic rings. The third-order valence-corrected chi connectivity index (χ3v) is 25.3. The van der Waals surface area contributed by atoms with E-state index in [0.717, 1.165) is 19.3 Å². The highest BCUT2D eigenvalue weighted by atomic mass is 16.8. The number of nitrogens with zero attached hydrogens (tertiary/aromatic N) is 2. The molecule has 10 N–H and O–H groups in total. The van der Waals surface area contributed by atoms with Crippen molar-refractivity contribution in [2.45, 2.75) is 340 Å². The summed E-state index contributed by atoms with van der Waals surface area (Å²) < 4.78 is 136. The summed E-state index contributed by atoms with van der Waals surface area (Å²) in [5.74, 6) is -8.76. The van der Waals surface area contributed by atoms with Gasteiger partial charge in [-0.15, -0.1) is 0 Å². The van der Waals surface area contributed by atoms with Crippen LogP contribution in [0.5, 0.6) is 17.2 Å². The molecule has 2 bridgehead atoms. The third kappa shape index (κ3) is 17.6. The Morgan fingerprint density at radius 3 is 1.53 bits per heavy atom. The minimum atomic E-state index is -2.06. The number of benzene rings is 2. The maximum atomic E-state index is 15.7. The van der Waals surface area contributed by atoms with Gasteiger partial charge in [-0.1, -0.05) is 5.23 Å². The smallest absolute Gasteiger partial charge is 0.331 e. The molecule has 0 radical (unpaired) electrons. The molecule has 9 aliphatic heterocycles. The van der Waals surface area contributed by atoms with E-state index in [1.807, 2.05) is 0 Å². The zero-order chi connectivity index (χ0) is 86.4. The summed E-state index contributed by atoms with van der Waals surface area (Å²) in [4.78, 5) is 70.2. The molecule has 9 heterocycles. The van der Waals surface area contributed by atoms with Gasteiger partial charge in [0.2, 0.25) is 12.1 Å². The fourth-order valence-electron chi connectivity index (χ4n) is 19.2. The molecule has 0 amide bonds. The number of esters is 2. The van der Waals surface area contributed by atoms with Gasteiger partial charge >= 0.3 is 17.9 Å².